The van der Waals surface area contributed by atoms with Crippen molar-refractivity contribution in [1.82, 2.24) is 4.31 Å². The predicted octanol–water partition coefficient (Wildman–Crippen LogP) is 3.71. The van der Waals surface area contributed by atoms with E-state index in [0.29, 0.717) is 25.9 Å². The Morgan fingerprint density at radius 2 is 1.23 bits per heavy atom. The molecule has 0 aromatic carbocycles. The normalized spacial score (nSPS) is 11.0. The number of sulfonamides is 1. The Morgan fingerprint density at radius 3 is 1.59 bits per heavy atom. The molecule has 0 aromatic heterocycles. The third-order valence-electron chi connectivity index (χ3n) is 3.46. The zero-order valence-electron chi connectivity index (χ0n) is 13.3. The summed E-state index contributed by atoms with van der Waals surface area (Å²) in [6.07, 6.45) is 8.31. The molecular formula is C16H27N3O2S. The maximum atomic E-state index is 12.0. The largest absolute Gasteiger partial charge is 0.235 e. The fraction of sp³-hybridized carbons (Fsp3) is 0.750. The summed E-state index contributed by atoms with van der Waals surface area (Å²) in [4.78, 5) is 0. The number of nitriles is 2. The first kappa shape index (κ1) is 20.6. The van der Waals surface area contributed by atoms with E-state index in [-0.39, 0.29) is 0 Å². The minimum atomic E-state index is -3.36. The van der Waals surface area contributed by atoms with Crippen LogP contribution in [0.25, 0.3) is 0 Å². The van der Waals surface area contributed by atoms with E-state index >= 15 is 0 Å². The van der Waals surface area contributed by atoms with Crippen molar-refractivity contribution < 1.29 is 8.42 Å². The average molecular weight is 325 g/mol. The first-order valence-corrected chi connectivity index (χ1v) is 9.45. The number of hydrogen-bond acceptors (Lipinski definition) is 4. The first-order valence-electron chi connectivity index (χ1n) is 7.95. The van der Waals surface area contributed by atoms with E-state index in [1.54, 1.807) is 0 Å². The number of rotatable bonds is 14. The lowest BCUT2D eigenvalue weighted by molar-refractivity contribution is 0.390. The van der Waals surface area contributed by atoms with Crippen molar-refractivity contribution >= 4 is 10.0 Å². The number of unbranched alkanes of at least 4 members (excludes halogenated alkanes) is 8. The summed E-state index contributed by atoms with van der Waals surface area (Å²) in [7, 11) is -3.36. The molecule has 0 fully saturated rings. The summed E-state index contributed by atoms with van der Waals surface area (Å²) in [6, 6.07) is 4.22. The molecule has 0 aliphatic carbocycles. The van der Waals surface area contributed by atoms with Crippen LogP contribution in [0.2, 0.25) is 0 Å². The summed E-state index contributed by atoms with van der Waals surface area (Å²) in [5, 5.41) is 17.9. The van der Waals surface area contributed by atoms with Gasteiger partial charge >= 0.3 is 0 Å². The van der Waals surface area contributed by atoms with Crippen LogP contribution in [0.1, 0.15) is 64.2 Å². The van der Waals surface area contributed by atoms with Gasteiger partial charge in [0.25, 0.3) is 0 Å². The Bertz CT molecular complexity index is 449. The average Bonchev–Trinajstić information content (AvgIpc) is 2.51. The number of nitrogens with zero attached hydrogens (tertiary/aromatic N) is 3. The fourth-order valence-corrected chi connectivity index (χ4v) is 3.14. The SMILES string of the molecule is C=CS(=O)(=O)N(CCCCCCC#N)CCCCCCC#N. The van der Waals surface area contributed by atoms with E-state index in [2.05, 4.69) is 18.7 Å². The smallest absolute Gasteiger partial charge is 0.208 e. The van der Waals surface area contributed by atoms with Crippen molar-refractivity contribution in [2.45, 2.75) is 64.2 Å². The van der Waals surface area contributed by atoms with Crippen molar-refractivity contribution in [2.75, 3.05) is 13.1 Å². The highest BCUT2D eigenvalue weighted by Crippen LogP contribution is 2.11. The van der Waals surface area contributed by atoms with Gasteiger partial charge in [0.05, 0.1) is 12.1 Å². The lowest BCUT2D eigenvalue weighted by Gasteiger charge is -2.20. The lowest BCUT2D eigenvalue weighted by Crippen LogP contribution is -2.31. The summed E-state index contributed by atoms with van der Waals surface area (Å²) in [6.45, 7) is 4.42. The highest BCUT2D eigenvalue weighted by atomic mass is 32.2. The van der Waals surface area contributed by atoms with E-state index in [0.717, 1.165) is 56.8 Å². The second-order valence-corrected chi connectivity index (χ2v) is 7.13. The molecule has 124 valence electrons. The molecule has 5 nitrogen and oxygen atoms in total. The minimum absolute atomic E-state index is 0.513. The van der Waals surface area contributed by atoms with Crippen LogP contribution >= 0.6 is 0 Å². The van der Waals surface area contributed by atoms with Gasteiger partial charge in [-0.25, -0.2) is 8.42 Å². The summed E-state index contributed by atoms with van der Waals surface area (Å²) < 4.78 is 25.4. The molecule has 0 spiro atoms. The maximum Gasteiger partial charge on any atom is 0.235 e. The third kappa shape index (κ3) is 10.4. The quantitative estimate of drug-likeness (QED) is 0.456. The van der Waals surface area contributed by atoms with Crippen LogP contribution in [-0.2, 0) is 10.0 Å². The van der Waals surface area contributed by atoms with Gasteiger partial charge in [0.15, 0.2) is 0 Å². The van der Waals surface area contributed by atoms with Gasteiger partial charge in [-0.2, -0.15) is 14.8 Å². The highest BCUT2D eigenvalue weighted by molar-refractivity contribution is 7.92. The molecule has 0 radical (unpaired) electrons. The van der Waals surface area contributed by atoms with Crippen molar-refractivity contribution in [2.24, 2.45) is 0 Å². The van der Waals surface area contributed by atoms with Crippen molar-refractivity contribution in [1.29, 1.82) is 10.5 Å². The van der Waals surface area contributed by atoms with E-state index < -0.39 is 10.0 Å². The monoisotopic (exact) mass is 325 g/mol. The predicted molar refractivity (Wildman–Crippen MR) is 88.1 cm³/mol. The van der Waals surface area contributed by atoms with Gasteiger partial charge in [0.2, 0.25) is 10.0 Å². The number of hydrogen-bond donors (Lipinski definition) is 0. The molecular weight excluding hydrogens is 298 g/mol. The van der Waals surface area contributed by atoms with Crippen LogP contribution in [0.5, 0.6) is 0 Å². The van der Waals surface area contributed by atoms with Crippen LogP contribution in [0.4, 0.5) is 0 Å². The van der Waals surface area contributed by atoms with E-state index in [1.807, 2.05) is 0 Å². The Hall–Kier alpha value is -1.37. The molecule has 0 aliphatic heterocycles. The van der Waals surface area contributed by atoms with Crippen LogP contribution in [-0.4, -0.2) is 25.8 Å². The molecule has 0 aliphatic rings. The van der Waals surface area contributed by atoms with Crippen molar-refractivity contribution in [3.63, 3.8) is 0 Å². The van der Waals surface area contributed by atoms with Gasteiger partial charge in [-0.1, -0.05) is 32.3 Å². The maximum absolute atomic E-state index is 12.0. The summed E-state index contributed by atoms with van der Waals surface area (Å²) in [5.74, 6) is 0. The molecule has 0 saturated carbocycles. The Morgan fingerprint density at radius 1 is 0.818 bits per heavy atom. The molecule has 6 heteroatoms. The minimum Gasteiger partial charge on any atom is -0.208 e. The summed E-state index contributed by atoms with van der Waals surface area (Å²) in [5.41, 5.74) is 0. The third-order valence-corrected chi connectivity index (χ3v) is 4.97. The summed E-state index contributed by atoms with van der Waals surface area (Å²) >= 11 is 0. The topological polar surface area (TPSA) is 85.0 Å². The molecule has 0 rings (SSSR count). The van der Waals surface area contributed by atoms with E-state index in [1.165, 1.54) is 4.31 Å². The van der Waals surface area contributed by atoms with Crippen LogP contribution in [0.3, 0.4) is 0 Å². The Balaban J connectivity index is 4.05. The molecule has 0 aromatic rings. The zero-order valence-corrected chi connectivity index (χ0v) is 14.2. The van der Waals surface area contributed by atoms with Crippen LogP contribution < -0.4 is 0 Å². The second-order valence-electron chi connectivity index (χ2n) is 5.26. The molecule has 22 heavy (non-hydrogen) atoms. The van der Waals surface area contributed by atoms with Crippen molar-refractivity contribution in [3.8, 4) is 12.1 Å². The molecule has 0 atom stereocenters. The van der Waals surface area contributed by atoms with E-state index in [4.69, 9.17) is 10.5 Å². The van der Waals surface area contributed by atoms with Gasteiger partial charge in [0.1, 0.15) is 0 Å². The fourth-order valence-electron chi connectivity index (χ4n) is 2.16. The molecule has 0 saturated heterocycles. The molecule has 0 N–H and O–H groups in total. The Kier molecular flexibility index (Phi) is 12.5. The van der Waals surface area contributed by atoms with Crippen molar-refractivity contribution in [3.05, 3.63) is 12.0 Å². The molecule has 0 unspecified atom stereocenters. The van der Waals surface area contributed by atoms with Gasteiger partial charge in [-0.3, -0.25) is 0 Å². The molecule has 0 bridgehead atoms. The lowest BCUT2D eigenvalue weighted by atomic mass is 10.1. The molecule has 0 amide bonds. The van der Waals surface area contributed by atoms with Gasteiger partial charge in [-0.05, 0) is 25.7 Å². The van der Waals surface area contributed by atoms with Crippen LogP contribution in [0.15, 0.2) is 12.0 Å². The zero-order chi connectivity index (χ0) is 16.7. The van der Waals surface area contributed by atoms with Gasteiger partial charge in [0, 0.05) is 31.3 Å². The van der Waals surface area contributed by atoms with Gasteiger partial charge in [-0.15, -0.1) is 0 Å². The van der Waals surface area contributed by atoms with Crippen LogP contribution in [0, 0.1) is 22.7 Å². The Labute approximate surface area is 135 Å². The highest BCUT2D eigenvalue weighted by Gasteiger charge is 2.17. The van der Waals surface area contributed by atoms with Gasteiger partial charge < -0.3 is 0 Å². The standard InChI is InChI=1S/C16H27N3O2S/c1-2-22(20,21)19(15-11-7-3-5-9-13-17)16-12-8-4-6-10-14-18/h2H,1,3-12,15-16H2. The first-order chi connectivity index (χ1) is 10.6. The second kappa shape index (κ2) is 13.3. The molecule has 0 heterocycles. The van der Waals surface area contributed by atoms with E-state index in [9.17, 15) is 8.42 Å².